The van der Waals surface area contributed by atoms with Crippen molar-refractivity contribution < 1.29 is 0 Å². The molecule has 4 aliphatic rings. The number of aryl methyl sites for hydroxylation is 1. The normalized spacial score (nSPS) is 26.0. The minimum absolute atomic E-state index is 0.314. The van der Waals surface area contributed by atoms with Gasteiger partial charge in [0.1, 0.15) is 11.7 Å². The van der Waals surface area contributed by atoms with Crippen LogP contribution >= 0.6 is 0 Å². The van der Waals surface area contributed by atoms with E-state index in [0.717, 1.165) is 58.1 Å². The Bertz CT molecular complexity index is 867. The molecule has 0 radical (unpaired) electrons. The number of hydrogen-bond acceptors (Lipinski definition) is 6. The molecule has 166 valence electrons. The van der Waals surface area contributed by atoms with E-state index in [1.54, 1.807) is 0 Å². The molecule has 5 rings (SSSR count). The van der Waals surface area contributed by atoms with Crippen molar-refractivity contribution in [1.29, 1.82) is 0 Å². The van der Waals surface area contributed by atoms with Crippen molar-refractivity contribution in [2.24, 2.45) is 4.99 Å². The number of likely N-dealkylation sites (N-methyl/N-ethyl adjacent to an activating group) is 1. The third-order valence-corrected chi connectivity index (χ3v) is 7.14. The zero-order valence-corrected chi connectivity index (χ0v) is 19.1. The van der Waals surface area contributed by atoms with Gasteiger partial charge >= 0.3 is 0 Å². The molecule has 4 heterocycles. The number of pyridine rings is 1. The van der Waals surface area contributed by atoms with E-state index in [9.17, 15) is 0 Å². The van der Waals surface area contributed by atoms with Gasteiger partial charge in [0, 0.05) is 45.5 Å². The smallest absolute Gasteiger partial charge is 0.129 e. The lowest BCUT2D eigenvalue weighted by molar-refractivity contribution is 0.149. The van der Waals surface area contributed by atoms with Crippen molar-refractivity contribution in [3.8, 4) is 0 Å². The molecule has 0 spiro atoms. The van der Waals surface area contributed by atoms with E-state index in [1.807, 2.05) is 6.20 Å². The highest BCUT2D eigenvalue weighted by atomic mass is 15.4. The van der Waals surface area contributed by atoms with Crippen molar-refractivity contribution in [1.82, 2.24) is 24.6 Å². The second-order valence-corrected chi connectivity index (χ2v) is 9.38. The number of amidine groups is 1. The van der Waals surface area contributed by atoms with Gasteiger partial charge in [0.25, 0.3) is 0 Å². The van der Waals surface area contributed by atoms with Crippen LogP contribution in [-0.2, 0) is 6.42 Å². The number of aromatic nitrogens is 1. The molecule has 0 saturated carbocycles. The first-order chi connectivity index (χ1) is 15.2. The van der Waals surface area contributed by atoms with E-state index >= 15 is 0 Å². The SMILES string of the molecule is CCCN(CC1CN2C(N3CCN(C)CC3)=CC=CC2=N1)[C@H]1CCCc2cccnc21. The van der Waals surface area contributed by atoms with E-state index in [1.165, 1.54) is 36.3 Å². The molecular formula is C25H36N6. The molecule has 1 aromatic rings. The second kappa shape index (κ2) is 9.13. The average Bonchev–Trinajstić information content (AvgIpc) is 3.22. The molecule has 1 saturated heterocycles. The lowest BCUT2D eigenvalue weighted by Crippen LogP contribution is -2.48. The molecule has 1 fully saturated rings. The predicted octanol–water partition coefficient (Wildman–Crippen LogP) is 2.91. The standard InChI is InChI=1S/C25H36N6/c1-3-13-30(22-9-4-7-20-8-6-12-26-25(20)22)18-21-19-31-23(27-21)10-5-11-24(31)29-16-14-28(2)15-17-29/h5-6,8,10-12,21-22H,3-4,7,9,13-19H2,1-2H3/t21?,22-/m0/s1. The first kappa shape index (κ1) is 20.7. The van der Waals surface area contributed by atoms with Crippen LogP contribution in [0, 0.1) is 0 Å². The fraction of sp³-hybridized carbons (Fsp3) is 0.600. The Kier molecular flexibility index (Phi) is 6.10. The van der Waals surface area contributed by atoms with Crippen LogP contribution in [0.1, 0.15) is 43.5 Å². The van der Waals surface area contributed by atoms with Crippen molar-refractivity contribution in [3.63, 3.8) is 0 Å². The van der Waals surface area contributed by atoms with Crippen LogP contribution in [0.4, 0.5) is 0 Å². The summed E-state index contributed by atoms with van der Waals surface area (Å²) in [5.41, 5.74) is 2.75. The Morgan fingerprint density at radius 2 is 2.06 bits per heavy atom. The van der Waals surface area contributed by atoms with Crippen LogP contribution in [0.25, 0.3) is 0 Å². The first-order valence-corrected chi connectivity index (χ1v) is 12.1. The first-order valence-electron chi connectivity index (χ1n) is 12.1. The number of piperazine rings is 1. The number of rotatable bonds is 6. The fourth-order valence-electron chi connectivity index (χ4n) is 5.54. The summed E-state index contributed by atoms with van der Waals surface area (Å²) in [6.07, 6.45) is 13.4. The maximum Gasteiger partial charge on any atom is 0.129 e. The Labute approximate surface area is 186 Å². The number of fused-ring (bicyclic) bond motifs is 2. The van der Waals surface area contributed by atoms with Gasteiger partial charge in [-0.1, -0.05) is 19.1 Å². The second-order valence-electron chi connectivity index (χ2n) is 9.38. The van der Waals surface area contributed by atoms with E-state index in [2.05, 4.69) is 63.9 Å². The summed E-state index contributed by atoms with van der Waals surface area (Å²) >= 11 is 0. The summed E-state index contributed by atoms with van der Waals surface area (Å²) in [5, 5.41) is 0. The lowest BCUT2D eigenvalue weighted by atomic mass is 9.90. The largest absolute Gasteiger partial charge is 0.355 e. The molecule has 1 aliphatic carbocycles. The van der Waals surface area contributed by atoms with Crippen LogP contribution in [0.3, 0.4) is 0 Å². The molecule has 0 bridgehead atoms. The summed E-state index contributed by atoms with van der Waals surface area (Å²) < 4.78 is 0. The van der Waals surface area contributed by atoms with Gasteiger partial charge in [-0.2, -0.15) is 0 Å². The topological polar surface area (TPSA) is 38.2 Å². The quantitative estimate of drug-likeness (QED) is 0.708. The number of aliphatic imine (C=N–C) groups is 1. The van der Waals surface area contributed by atoms with Crippen LogP contribution in [-0.4, -0.2) is 89.3 Å². The van der Waals surface area contributed by atoms with Gasteiger partial charge in [0.05, 0.1) is 17.8 Å². The summed E-state index contributed by atoms with van der Waals surface area (Å²) in [6.45, 7) is 9.84. The number of allylic oxidation sites excluding steroid dienone is 2. The highest BCUT2D eigenvalue weighted by Crippen LogP contribution is 2.34. The van der Waals surface area contributed by atoms with Gasteiger partial charge in [0.15, 0.2) is 0 Å². The third kappa shape index (κ3) is 4.28. The van der Waals surface area contributed by atoms with Crippen molar-refractivity contribution >= 4 is 5.84 Å². The summed E-state index contributed by atoms with van der Waals surface area (Å²) in [6, 6.07) is 5.11. The molecule has 3 aliphatic heterocycles. The molecule has 2 atom stereocenters. The van der Waals surface area contributed by atoms with Gasteiger partial charge < -0.3 is 14.7 Å². The van der Waals surface area contributed by atoms with Crippen LogP contribution in [0.15, 0.2) is 47.4 Å². The van der Waals surface area contributed by atoms with Gasteiger partial charge in [-0.3, -0.25) is 14.9 Å². The Morgan fingerprint density at radius 3 is 2.90 bits per heavy atom. The molecule has 1 aromatic heterocycles. The summed E-state index contributed by atoms with van der Waals surface area (Å²) in [5.74, 6) is 2.48. The maximum absolute atomic E-state index is 5.16. The van der Waals surface area contributed by atoms with Gasteiger partial charge in [-0.15, -0.1) is 0 Å². The molecule has 6 nitrogen and oxygen atoms in total. The summed E-state index contributed by atoms with van der Waals surface area (Å²) in [7, 11) is 2.21. The minimum atomic E-state index is 0.314. The zero-order valence-electron chi connectivity index (χ0n) is 19.1. The Morgan fingerprint density at radius 1 is 1.19 bits per heavy atom. The fourth-order valence-corrected chi connectivity index (χ4v) is 5.54. The van der Waals surface area contributed by atoms with Crippen LogP contribution in [0.2, 0.25) is 0 Å². The predicted molar refractivity (Wildman–Crippen MR) is 126 cm³/mol. The van der Waals surface area contributed by atoms with E-state index in [-0.39, 0.29) is 0 Å². The Balaban J connectivity index is 1.30. The summed E-state index contributed by atoms with van der Waals surface area (Å²) in [4.78, 5) is 20.0. The molecular weight excluding hydrogens is 384 g/mol. The molecule has 0 aromatic carbocycles. The highest BCUT2D eigenvalue weighted by Gasteiger charge is 2.34. The van der Waals surface area contributed by atoms with Crippen molar-refractivity contribution in [3.05, 3.63) is 53.6 Å². The minimum Gasteiger partial charge on any atom is -0.355 e. The third-order valence-electron chi connectivity index (χ3n) is 7.14. The molecule has 31 heavy (non-hydrogen) atoms. The zero-order chi connectivity index (χ0) is 21.2. The van der Waals surface area contributed by atoms with Crippen molar-refractivity contribution in [2.45, 2.75) is 44.7 Å². The van der Waals surface area contributed by atoms with Gasteiger partial charge in [-0.05, 0) is 63.1 Å². The van der Waals surface area contributed by atoms with Crippen LogP contribution in [0.5, 0.6) is 0 Å². The average molecular weight is 421 g/mol. The Hall–Kier alpha value is -2.18. The maximum atomic E-state index is 5.16. The van der Waals surface area contributed by atoms with E-state index in [0.29, 0.717) is 12.1 Å². The number of hydrogen-bond donors (Lipinski definition) is 0. The van der Waals surface area contributed by atoms with E-state index in [4.69, 9.17) is 9.98 Å². The van der Waals surface area contributed by atoms with E-state index < -0.39 is 0 Å². The highest BCUT2D eigenvalue weighted by molar-refractivity contribution is 5.96. The van der Waals surface area contributed by atoms with Crippen molar-refractivity contribution in [2.75, 3.05) is 52.9 Å². The molecule has 6 heteroatoms. The lowest BCUT2D eigenvalue weighted by Gasteiger charge is -2.40. The van der Waals surface area contributed by atoms with Gasteiger partial charge in [0.2, 0.25) is 0 Å². The molecule has 1 unspecified atom stereocenters. The molecule has 0 amide bonds. The number of nitrogens with zero attached hydrogens (tertiary/aromatic N) is 6. The molecule has 0 N–H and O–H groups in total. The monoisotopic (exact) mass is 420 g/mol. The van der Waals surface area contributed by atoms with Gasteiger partial charge in [-0.25, -0.2) is 0 Å². The van der Waals surface area contributed by atoms with Crippen LogP contribution < -0.4 is 0 Å².